The van der Waals surface area contributed by atoms with Crippen molar-refractivity contribution in [2.45, 2.75) is 49.1 Å². The number of alkyl halides is 6. The number of nitrogens with zero attached hydrogens (tertiary/aromatic N) is 3. The molecule has 2 atom stereocenters. The van der Waals surface area contributed by atoms with E-state index >= 15 is 0 Å². The first-order valence-electron chi connectivity index (χ1n) is 19.8. The molecule has 0 radical (unpaired) electrons. The molecule has 0 heterocycles. The third-order valence-electron chi connectivity index (χ3n) is 9.85. The van der Waals surface area contributed by atoms with E-state index in [0.29, 0.717) is 27.6 Å². The normalized spacial score (nSPS) is 12.5. The van der Waals surface area contributed by atoms with Gasteiger partial charge in [-0.1, -0.05) is 82.8 Å². The van der Waals surface area contributed by atoms with Crippen molar-refractivity contribution in [3.63, 3.8) is 0 Å². The smallest absolute Gasteiger partial charge is 0.414 e. The average Bonchev–Trinajstić information content (AvgIpc) is 3.24. The Bertz CT molecular complexity index is 2450. The Labute approximate surface area is 444 Å². The van der Waals surface area contributed by atoms with Gasteiger partial charge in [-0.3, -0.25) is 14.5 Å². The second-order valence-corrected chi connectivity index (χ2v) is 16.8. The van der Waals surface area contributed by atoms with Gasteiger partial charge in [-0.15, -0.1) is 13.2 Å². The predicted octanol–water partition coefficient (Wildman–Crippen LogP) is 13.6. The van der Waals surface area contributed by atoms with Gasteiger partial charge in [-0.05, 0) is 79.5 Å². The van der Waals surface area contributed by atoms with E-state index in [1.54, 1.807) is 31.3 Å². The Hall–Kier alpha value is -4.41. The fraction of sp³-hybridized carbons (Fsp3) is 0.304. The maximum absolute atomic E-state index is 13.5. The molecule has 0 aromatic heterocycles. The van der Waals surface area contributed by atoms with Gasteiger partial charge < -0.3 is 24.6 Å². The lowest BCUT2D eigenvalue weighted by Crippen LogP contribution is -2.55. The van der Waals surface area contributed by atoms with E-state index in [0.717, 1.165) is 26.8 Å². The summed E-state index contributed by atoms with van der Waals surface area (Å²) in [4.78, 5) is 50.3. The van der Waals surface area contributed by atoms with E-state index in [1.165, 1.54) is 81.8 Å². The molecule has 1 N–H and O–H groups in total. The summed E-state index contributed by atoms with van der Waals surface area (Å²) in [7, 11) is 5.53. The summed E-state index contributed by atoms with van der Waals surface area (Å²) in [5.41, 5.74) is -2.18. The molecule has 0 saturated carbocycles. The zero-order valence-corrected chi connectivity index (χ0v) is 43.9. The molecular weight excluding hydrogens is 1100 g/mol. The third kappa shape index (κ3) is 21.7. The fourth-order valence-corrected chi connectivity index (χ4v) is 7.14. The molecule has 25 heteroatoms. The van der Waals surface area contributed by atoms with Gasteiger partial charge in [-0.25, -0.2) is 18.4 Å². The molecule has 0 spiro atoms. The average molecular weight is 1150 g/mol. The number of ether oxygens (including phenoxy) is 2. The van der Waals surface area contributed by atoms with Crippen LogP contribution in [-0.4, -0.2) is 91.7 Å². The molecular formula is C46H49Cl5F8N4O6S2. The molecule has 0 unspecified atom stereocenters. The molecule has 4 aromatic rings. The molecule has 4 rings (SSSR count). The monoisotopic (exact) mass is 1140 g/mol. The molecule has 0 fully saturated rings. The second-order valence-electron chi connectivity index (χ2n) is 14.9. The van der Waals surface area contributed by atoms with Gasteiger partial charge >= 0.3 is 23.9 Å². The summed E-state index contributed by atoms with van der Waals surface area (Å²) in [6.07, 6.45) is -9.93. The Morgan fingerprint density at radius 2 is 1.04 bits per heavy atom. The highest BCUT2D eigenvalue weighted by molar-refractivity contribution is 7.59. The zero-order valence-electron chi connectivity index (χ0n) is 38.1. The maximum atomic E-state index is 13.5. The number of amides is 3. The van der Waals surface area contributed by atoms with Crippen molar-refractivity contribution in [1.82, 2.24) is 20.0 Å². The molecule has 71 heavy (non-hydrogen) atoms. The summed E-state index contributed by atoms with van der Waals surface area (Å²) >= 11 is 29.0. The Balaban J connectivity index is 0.00000115. The zero-order chi connectivity index (χ0) is 52.5. The van der Waals surface area contributed by atoms with Crippen molar-refractivity contribution in [1.29, 1.82) is 0 Å². The Morgan fingerprint density at radius 3 is 1.44 bits per heavy atom. The topological polar surface area (TPSA) is 108 Å². The van der Waals surface area contributed by atoms with Gasteiger partial charge in [0.2, 0.25) is 11.8 Å². The van der Waals surface area contributed by atoms with Crippen LogP contribution in [-0.2, 0) is 20.7 Å². The first kappa shape index (κ1) is 66.6. The van der Waals surface area contributed by atoms with E-state index in [1.807, 2.05) is 0 Å². The van der Waals surface area contributed by atoms with Crippen molar-refractivity contribution in [3.8, 4) is 11.5 Å². The summed E-state index contributed by atoms with van der Waals surface area (Å²) in [5, 5.41) is 4.11. The van der Waals surface area contributed by atoms with Crippen molar-refractivity contribution in [2.75, 3.05) is 41.3 Å². The van der Waals surface area contributed by atoms with Crippen LogP contribution in [0.4, 0.5) is 44.7 Å². The lowest BCUT2D eigenvalue weighted by atomic mass is 9.84. The number of benzene rings is 4. The van der Waals surface area contributed by atoms with E-state index in [9.17, 15) is 54.3 Å². The number of halogens is 13. The summed E-state index contributed by atoms with van der Waals surface area (Å²) in [6.45, 7) is 7.03. The van der Waals surface area contributed by atoms with Gasteiger partial charge in [0.1, 0.15) is 36.0 Å². The van der Waals surface area contributed by atoms with Crippen molar-refractivity contribution >= 4 is 108 Å². The molecule has 0 aliphatic carbocycles. The van der Waals surface area contributed by atoms with Crippen LogP contribution in [0.2, 0.25) is 20.1 Å². The first-order chi connectivity index (χ1) is 32.0. The van der Waals surface area contributed by atoms with Gasteiger partial charge in [0.05, 0.1) is 31.2 Å². The molecule has 4 aromatic carbocycles. The fourth-order valence-electron chi connectivity index (χ4n) is 6.46. The Kier molecular flexibility index (Phi) is 28.1. The largest absolute Gasteiger partial charge is 0.415 e. The predicted molar refractivity (Wildman–Crippen MR) is 271 cm³/mol. The number of nitrogens with one attached hydrogen (secondary N) is 1. The van der Waals surface area contributed by atoms with Gasteiger partial charge in [-0.2, -0.15) is 53.3 Å². The summed E-state index contributed by atoms with van der Waals surface area (Å²) in [6, 6.07) is 19.4. The third-order valence-corrected chi connectivity index (χ3v) is 11.4. The summed E-state index contributed by atoms with van der Waals surface area (Å²) in [5.74, 6) is -3.29. The van der Waals surface area contributed by atoms with Crippen LogP contribution < -0.4 is 14.8 Å². The van der Waals surface area contributed by atoms with Crippen LogP contribution in [0.1, 0.15) is 36.8 Å². The highest BCUT2D eigenvalue weighted by atomic mass is 35.5. The van der Waals surface area contributed by atoms with E-state index in [4.69, 9.17) is 62.7 Å². The highest BCUT2D eigenvalue weighted by Crippen LogP contribution is 2.38. The number of carbonyl (C=O) groups excluding carboxylic acids is 4. The highest BCUT2D eigenvalue weighted by Gasteiger charge is 2.43. The first-order valence-corrected chi connectivity index (χ1v) is 21.7. The molecule has 10 nitrogen and oxygen atoms in total. The van der Waals surface area contributed by atoms with E-state index in [2.05, 4.69) is 23.2 Å². The lowest BCUT2D eigenvalue weighted by Gasteiger charge is -2.43. The molecule has 0 bridgehead atoms. The van der Waals surface area contributed by atoms with Crippen LogP contribution in [0.3, 0.4) is 0 Å². The number of likely N-dealkylation sites (N-methyl/N-ethyl adjacent to an activating group) is 4. The number of rotatable bonds is 16. The number of carbonyl (C=O) groups is 4. The van der Waals surface area contributed by atoms with Crippen molar-refractivity contribution < 1.29 is 63.8 Å². The minimum atomic E-state index is -4.71. The van der Waals surface area contributed by atoms with Crippen molar-refractivity contribution in [2.24, 2.45) is 0 Å². The second kappa shape index (κ2) is 29.9. The lowest BCUT2D eigenvalue weighted by molar-refractivity contribution is -0.163. The van der Waals surface area contributed by atoms with Gasteiger partial charge in [0.25, 0.3) is 0 Å². The van der Waals surface area contributed by atoms with Crippen LogP contribution in [0.15, 0.2) is 110 Å². The molecule has 3 amide bonds. The van der Waals surface area contributed by atoms with Gasteiger partial charge in [0.15, 0.2) is 0 Å². The quantitative estimate of drug-likeness (QED) is 0.0676. The summed E-state index contributed by atoms with van der Waals surface area (Å²) < 4.78 is 111. The van der Waals surface area contributed by atoms with Crippen LogP contribution in [0, 0.1) is 11.6 Å². The van der Waals surface area contributed by atoms with Crippen molar-refractivity contribution in [3.05, 3.63) is 153 Å². The van der Waals surface area contributed by atoms with Crippen LogP contribution in [0.5, 0.6) is 11.5 Å². The minimum absolute atomic E-state index is 0. The maximum Gasteiger partial charge on any atom is 0.415 e. The molecule has 0 aliphatic heterocycles. The standard InChI is InChI=1S/C23H22Cl2F4N2O3.C16H19Cl2F3N2O.C7H4ClFO2.2H2S/c1-4-10-22(15-8-9-18(24)19(25)11-15,14-30(2)20(32)13-23(27,28)29)31(3)21(33)34-17-7-5-6-16(26)12-17;1-4-7-15(22-2,11-5-6-12(17)13(18)8-11)10-23(3)14(24)9-16(19,20)21;8-7(10)11-6-3-1-2-5(9)4-6;;/h4-9,11-12H,1,10,13-14H2,2-3H3;4-6,8,22H,1,7,9-10H2,2-3H3;1-4H;2*1H2/t22-;15-;;;/m11.../s1. The van der Waals surface area contributed by atoms with Gasteiger partial charge in [0, 0.05) is 58.0 Å². The Morgan fingerprint density at radius 1 is 0.620 bits per heavy atom. The molecule has 0 aliphatic rings. The SMILES string of the molecule is C=CC[C@@](CN(C)C(=O)CC(F)(F)F)(c1ccc(Cl)c(Cl)c1)N(C)C(=O)Oc1cccc(F)c1.C=CC[C@](CN(C)C(=O)CC(F)(F)F)(NC)c1ccc(Cl)c(Cl)c1.O=C(Cl)Oc1cccc(F)c1.S.S. The molecule has 392 valence electrons. The van der Waals surface area contributed by atoms with Crippen LogP contribution >= 0.6 is 85.0 Å². The van der Waals surface area contributed by atoms with Crippen LogP contribution in [0.25, 0.3) is 0 Å². The molecule has 0 saturated heterocycles. The van der Waals surface area contributed by atoms with E-state index < -0.39 is 71.2 Å². The minimum Gasteiger partial charge on any atom is -0.414 e. The number of hydrogen-bond acceptors (Lipinski definition) is 7. The van der Waals surface area contributed by atoms with E-state index in [-0.39, 0.29) is 68.0 Å². The number of hydrogen-bond donors (Lipinski definition) is 1.